The summed E-state index contributed by atoms with van der Waals surface area (Å²) in [5.74, 6) is -2.01. The van der Waals surface area contributed by atoms with Crippen molar-refractivity contribution in [1.29, 1.82) is 0 Å². The Morgan fingerprint density at radius 3 is 2.42 bits per heavy atom. The van der Waals surface area contributed by atoms with E-state index >= 15 is 0 Å². The number of carbonyl (C=O) groups excluding carboxylic acids is 1. The SMILES string of the molecule is Cc1ccc(NC(=O)C(C)(C)C(=O)O)cc1[N+](=O)[O-]. The van der Waals surface area contributed by atoms with Crippen LogP contribution < -0.4 is 5.32 Å². The van der Waals surface area contributed by atoms with Crippen molar-refractivity contribution in [2.24, 2.45) is 5.41 Å². The van der Waals surface area contributed by atoms with Gasteiger partial charge >= 0.3 is 5.97 Å². The third-order valence-corrected chi connectivity index (χ3v) is 2.77. The molecule has 0 bridgehead atoms. The van der Waals surface area contributed by atoms with Gasteiger partial charge in [-0.1, -0.05) is 6.07 Å². The highest BCUT2D eigenvalue weighted by Gasteiger charge is 2.36. The first-order valence-electron chi connectivity index (χ1n) is 5.46. The van der Waals surface area contributed by atoms with Crippen molar-refractivity contribution in [2.75, 3.05) is 5.32 Å². The molecule has 1 aromatic carbocycles. The molecule has 2 N–H and O–H groups in total. The number of nitrogens with zero attached hydrogens (tertiary/aromatic N) is 1. The van der Waals surface area contributed by atoms with Gasteiger partial charge in [0.05, 0.1) is 4.92 Å². The van der Waals surface area contributed by atoms with Crippen LogP contribution in [0.4, 0.5) is 11.4 Å². The van der Waals surface area contributed by atoms with Crippen LogP contribution in [0.1, 0.15) is 19.4 Å². The largest absolute Gasteiger partial charge is 0.480 e. The molecule has 0 aliphatic carbocycles. The van der Waals surface area contributed by atoms with Crippen LogP contribution in [0.2, 0.25) is 0 Å². The molecular weight excluding hydrogens is 252 g/mol. The van der Waals surface area contributed by atoms with Crippen LogP contribution in [-0.2, 0) is 9.59 Å². The van der Waals surface area contributed by atoms with E-state index < -0.39 is 22.2 Å². The Labute approximate surface area is 109 Å². The lowest BCUT2D eigenvalue weighted by Crippen LogP contribution is -2.37. The number of aryl methyl sites for hydroxylation is 1. The third-order valence-electron chi connectivity index (χ3n) is 2.77. The molecule has 0 heterocycles. The van der Waals surface area contributed by atoms with E-state index in [0.717, 1.165) is 0 Å². The van der Waals surface area contributed by atoms with Gasteiger partial charge in [-0.15, -0.1) is 0 Å². The minimum atomic E-state index is -1.61. The molecule has 0 spiro atoms. The van der Waals surface area contributed by atoms with Gasteiger partial charge in [0, 0.05) is 17.3 Å². The number of nitro groups is 1. The van der Waals surface area contributed by atoms with Gasteiger partial charge in [0.1, 0.15) is 5.41 Å². The van der Waals surface area contributed by atoms with Crippen LogP contribution in [0.25, 0.3) is 0 Å². The van der Waals surface area contributed by atoms with Crippen molar-refractivity contribution in [3.8, 4) is 0 Å². The van der Waals surface area contributed by atoms with E-state index in [1.807, 2.05) is 0 Å². The summed E-state index contributed by atoms with van der Waals surface area (Å²) >= 11 is 0. The summed E-state index contributed by atoms with van der Waals surface area (Å²) in [5.41, 5.74) is -1.09. The van der Waals surface area contributed by atoms with Gasteiger partial charge in [-0.25, -0.2) is 0 Å². The fourth-order valence-electron chi connectivity index (χ4n) is 1.27. The smallest absolute Gasteiger partial charge is 0.318 e. The summed E-state index contributed by atoms with van der Waals surface area (Å²) < 4.78 is 0. The third kappa shape index (κ3) is 3.06. The van der Waals surface area contributed by atoms with Gasteiger partial charge < -0.3 is 10.4 Å². The second-order valence-corrected chi connectivity index (χ2v) is 4.64. The summed E-state index contributed by atoms with van der Waals surface area (Å²) in [6.07, 6.45) is 0. The number of nitrogens with one attached hydrogen (secondary N) is 1. The zero-order chi connectivity index (χ0) is 14.8. The highest BCUT2D eigenvalue weighted by Crippen LogP contribution is 2.24. The summed E-state index contributed by atoms with van der Waals surface area (Å²) in [7, 11) is 0. The fourth-order valence-corrected chi connectivity index (χ4v) is 1.27. The standard InChI is InChI=1S/C12H14N2O5/c1-7-4-5-8(6-9(7)14(18)19)13-10(15)12(2,3)11(16)17/h4-6H,1-3H3,(H,13,15)(H,16,17). The van der Waals surface area contributed by atoms with Crippen LogP contribution >= 0.6 is 0 Å². The number of anilines is 1. The first-order chi connectivity index (χ1) is 8.66. The minimum Gasteiger partial charge on any atom is -0.480 e. The Morgan fingerprint density at radius 1 is 1.37 bits per heavy atom. The normalized spacial score (nSPS) is 10.9. The molecule has 0 aliphatic rings. The predicted octanol–water partition coefficient (Wildman–Crippen LogP) is 1.95. The first kappa shape index (κ1) is 14.6. The quantitative estimate of drug-likeness (QED) is 0.491. The highest BCUT2D eigenvalue weighted by molar-refractivity contribution is 6.07. The Hall–Kier alpha value is -2.44. The topological polar surface area (TPSA) is 110 Å². The summed E-state index contributed by atoms with van der Waals surface area (Å²) in [6, 6.07) is 4.17. The number of carboxylic acid groups (broad SMARTS) is 1. The van der Waals surface area contributed by atoms with E-state index in [1.54, 1.807) is 6.92 Å². The predicted molar refractivity (Wildman–Crippen MR) is 67.9 cm³/mol. The number of nitro benzene ring substituents is 1. The molecular formula is C12H14N2O5. The lowest BCUT2D eigenvalue weighted by molar-refractivity contribution is -0.385. The van der Waals surface area contributed by atoms with E-state index in [9.17, 15) is 19.7 Å². The summed E-state index contributed by atoms with van der Waals surface area (Å²) in [4.78, 5) is 32.9. The number of carboxylic acids is 1. The fraction of sp³-hybridized carbons (Fsp3) is 0.333. The molecule has 0 saturated carbocycles. The zero-order valence-electron chi connectivity index (χ0n) is 10.8. The van der Waals surface area contributed by atoms with Crippen LogP contribution in [0.15, 0.2) is 18.2 Å². The summed E-state index contributed by atoms with van der Waals surface area (Å²) in [5, 5.41) is 22.0. The molecule has 0 atom stereocenters. The second-order valence-electron chi connectivity index (χ2n) is 4.64. The van der Waals surface area contributed by atoms with E-state index in [2.05, 4.69) is 5.32 Å². The van der Waals surface area contributed by atoms with Gasteiger partial charge in [0.25, 0.3) is 5.69 Å². The molecule has 0 saturated heterocycles. The van der Waals surface area contributed by atoms with E-state index in [0.29, 0.717) is 5.56 Å². The number of amides is 1. The van der Waals surface area contributed by atoms with Crippen LogP contribution in [-0.4, -0.2) is 21.9 Å². The van der Waals surface area contributed by atoms with Crippen LogP contribution in [0.3, 0.4) is 0 Å². The van der Waals surface area contributed by atoms with Crippen molar-refractivity contribution in [1.82, 2.24) is 0 Å². The maximum Gasteiger partial charge on any atom is 0.318 e. The Morgan fingerprint density at radius 2 is 1.95 bits per heavy atom. The molecule has 19 heavy (non-hydrogen) atoms. The lowest BCUT2D eigenvalue weighted by atomic mass is 9.92. The molecule has 0 fully saturated rings. The van der Waals surface area contributed by atoms with Crippen molar-refractivity contribution in [3.63, 3.8) is 0 Å². The molecule has 0 unspecified atom stereocenters. The highest BCUT2D eigenvalue weighted by atomic mass is 16.6. The monoisotopic (exact) mass is 266 g/mol. The Bertz CT molecular complexity index is 551. The maximum absolute atomic E-state index is 11.8. The maximum atomic E-state index is 11.8. The van der Waals surface area contributed by atoms with E-state index in [-0.39, 0.29) is 11.4 Å². The van der Waals surface area contributed by atoms with Crippen LogP contribution in [0.5, 0.6) is 0 Å². The summed E-state index contributed by atoms with van der Waals surface area (Å²) in [6.45, 7) is 4.09. The Kier molecular flexibility index (Phi) is 3.89. The van der Waals surface area contributed by atoms with Crippen molar-refractivity contribution >= 4 is 23.3 Å². The lowest BCUT2D eigenvalue weighted by Gasteiger charge is -2.18. The van der Waals surface area contributed by atoms with Gasteiger partial charge in [0.15, 0.2) is 0 Å². The molecule has 7 heteroatoms. The molecule has 7 nitrogen and oxygen atoms in total. The Balaban J connectivity index is 3.02. The number of hydrogen-bond donors (Lipinski definition) is 2. The first-order valence-corrected chi connectivity index (χ1v) is 5.46. The van der Waals surface area contributed by atoms with E-state index in [1.165, 1.54) is 32.0 Å². The van der Waals surface area contributed by atoms with Crippen molar-refractivity contribution in [3.05, 3.63) is 33.9 Å². The minimum absolute atomic E-state index is 0.133. The van der Waals surface area contributed by atoms with Crippen LogP contribution in [0, 0.1) is 22.5 Å². The van der Waals surface area contributed by atoms with Crippen molar-refractivity contribution < 1.29 is 19.6 Å². The van der Waals surface area contributed by atoms with E-state index in [4.69, 9.17) is 5.11 Å². The number of carbonyl (C=O) groups is 2. The molecule has 0 aliphatic heterocycles. The average molecular weight is 266 g/mol. The number of benzene rings is 1. The molecule has 1 amide bonds. The number of hydrogen-bond acceptors (Lipinski definition) is 4. The molecule has 1 rings (SSSR count). The molecule has 0 aromatic heterocycles. The van der Waals surface area contributed by atoms with Gasteiger partial charge in [-0.3, -0.25) is 19.7 Å². The second kappa shape index (κ2) is 5.05. The van der Waals surface area contributed by atoms with Gasteiger partial charge in [-0.2, -0.15) is 0 Å². The molecule has 1 aromatic rings. The zero-order valence-corrected chi connectivity index (χ0v) is 10.8. The van der Waals surface area contributed by atoms with Gasteiger partial charge in [-0.05, 0) is 26.8 Å². The molecule has 102 valence electrons. The number of rotatable bonds is 4. The number of aliphatic carboxylic acids is 1. The average Bonchev–Trinajstić information content (AvgIpc) is 2.30. The molecule has 0 radical (unpaired) electrons. The van der Waals surface area contributed by atoms with Crippen molar-refractivity contribution in [2.45, 2.75) is 20.8 Å². The van der Waals surface area contributed by atoms with Gasteiger partial charge in [0.2, 0.25) is 5.91 Å².